The Bertz CT molecular complexity index is 240. The third kappa shape index (κ3) is 1.29. The van der Waals surface area contributed by atoms with Crippen LogP contribution in [0.1, 0.15) is 12.8 Å². The van der Waals surface area contributed by atoms with Crippen LogP contribution < -0.4 is 0 Å². The lowest BCUT2D eigenvalue weighted by molar-refractivity contribution is -0.137. The van der Waals surface area contributed by atoms with Gasteiger partial charge in [0.15, 0.2) is 9.84 Å². The smallest absolute Gasteiger partial charge is 0.304 e. The maximum absolute atomic E-state index is 10.7. The van der Waals surface area contributed by atoms with Crippen molar-refractivity contribution < 1.29 is 18.3 Å². The quantitative estimate of drug-likeness (QED) is 0.605. The molecule has 1 aliphatic heterocycles. The van der Waals surface area contributed by atoms with Crippen LogP contribution in [-0.4, -0.2) is 30.5 Å². The summed E-state index contributed by atoms with van der Waals surface area (Å²) in [5.41, 5.74) is 0. The minimum atomic E-state index is -3.00. The Morgan fingerprint density at radius 1 is 1.60 bits per heavy atom. The molecule has 0 aromatic carbocycles. The predicted octanol–water partition coefficient (Wildman–Crippen LogP) is -0.352. The molecule has 1 saturated heterocycles. The van der Waals surface area contributed by atoms with Crippen LogP contribution in [-0.2, 0) is 14.6 Å². The maximum atomic E-state index is 10.7. The molecule has 0 radical (unpaired) electrons. The Morgan fingerprint density at radius 2 is 2.20 bits per heavy atom. The molecule has 0 bridgehead atoms. The molecule has 1 heterocycles. The van der Waals surface area contributed by atoms with Crippen LogP contribution >= 0.6 is 0 Å². The summed E-state index contributed by atoms with van der Waals surface area (Å²) in [4.78, 5) is 10.0. The van der Waals surface area contributed by atoms with Crippen LogP contribution in [0.4, 0.5) is 0 Å². The number of carboxylic acids is 1. The van der Waals surface area contributed by atoms with Crippen molar-refractivity contribution in [2.45, 2.75) is 18.1 Å². The topological polar surface area (TPSA) is 71.4 Å². The zero-order chi connectivity index (χ0) is 7.78. The minimum Gasteiger partial charge on any atom is -0.481 e. The first-order valence-corrected chi connectivity index (χ1v) is 4.67. The lowest BCUT2D eigenvalue weighted by Gasteiger charge is -2.23. The van der Waals surface area contributed by atoms with Gasteiger partial charge in [-0.05, 0) is 6.42 Å². The van der Waals surface area contributed by atoms with Crippen LogP contribution in [0, 0.1) is 0 Å². The van der Waals surface area contributed by atoms with Gasteiger partial charge in [-0.3, -0.25) is 4.79 Å². The zero-order valence-corrected chi connectivity index (χ0v) is 6.10. The Kier molecular flexibility index (Phi) is 1.68. The number of carboxylic acid groups (broad SMARTS) is 1. The summed E-state index contributed by atoms with van der Waals surface area (Å²) in [5.74, 6) is -0.876. The second-order valence-corrected chi connectivity index (χ2v) is 4.78. The van der Waals surface area contributed by atoms with E-state index in [1.165, 1.54) is 0 Å². The number of sulfone groups is 1. The Hall–Kier alpha value is -0.580. The average molecular weight is 164 g/mol. The molecule has 10 heavy (non-hydrogen) atoms. The van der Waals surface area contributed by atoms with Crippen molar-refractivity contribution in [2.75, 3.05) is 5.75 Å². The summed E-state index contributed by atoms with van der Waals surface area (Å²) in [6.07, 6.45) is 0.275. The van der Waals surface area contributed by atoms with E-state index in [0.717, 1.165) is 0 Å². The molecular weight excluding hydrogens is 156 g/mol. The van der Waals surface area contributed by atoms with Crippen molar-refractivity contribution in [1.29, 1.82) is 0 Å². The van der Waals surface area contributed by atoms with Gasteiger partial charge >= 0.3 is 5.97 Å². The van der Waals surface area contributed by atoms with Crippen LogP contribution in [0.2, 0.25) is 0 Å². The second-order valence-electron chi connectivity index (χ2n) is 2.38. The van der Waals surface area contributed by atoms with Gasteiger partial charge in [0.05, 0.1) is 17.4 Å². The molecule has 1 fully saturated rings. The van der Waals surface area contributed by atoms with E-state index in [-0.39, 0.29) is 12.2 Å². The molecular formula is C5H8O4S. The first kappa shape index (κ1) is 7.53. The molecule has 0 saturated carbocycles. The van der Waals surface area contributed by atoms with E-state index >= 15 is 0 Å². The Labute approximate surface area is 58.8 Å². The molecule has 0 aliphatic carbocycles. The molecule has 1 unspecified atom stereocenters. The SMILES string of the molecule is O=C(O)CC1CCS1(=O)=O. The van der Waals surface area contributed by atoms with E-state index in [9.17, 15) is 13.2 Å². The Balaban J connectivity index is 2.54. The van der Waals surface area contributed by atoms with Gasteiger partial charge in [0, 0.05) is 0 Å². The highest BCUT2D eigenvalue weighted by atomic mass is 32.2. The van der Waals surface area contributed by atoms with Crippen molar-refractivity contribution in [3.05, 3.63) is 0 Å². The summed E-state index contributed by atoms with van der Waals surface area (Å²) in [6.45, 7) is 0. The average Bonchev–Trinajstić information content (AvgIpc) is 1.81. The molecule has 1 aliphatic rings. The standard InChI is InChI=1S/C5H8O4S/c6-5(7)3-4-1-2-10(4,8)9/h4H,1-3H2,(H,6,7). The van der Waals surface area contributed by atoms with Crippen LogP contribution in [0.15, 0.2) is 0 Å². The minimum absolute atomic E-state index is 0.158. The number of hydrogen-bond acceptors (Lipinski definition) is 3. The van der Waals surface area contributed by atoms with Crippen molar-refractivity contribution in [3.8, 4) is 0 Å². The van der Waals surface area contributed by atoms with Crippen molar-refractivity contribution in [3.63, 3.8) is 0 Å². The van der Waals surface area contributed by atoms with E-state index in [2.05, 4.69) is 0 Å². The molecule has 5 heteroatoms. The first-order valence-electron chi connectivity index (χ1n) is 2.96. The normalized spacial score (nSPS) is 29.0. The molecule has 4 nitrogen and oxygen atoms in total. The molecule has 1 rings (SSSR count). The van der Waals surface area contributed by atoms with Gasteiger partial charge in [0.1, 0.15) is 0 Å². The highest BCUT2D eigenvalue weighted by Crippen LogP contribution is 2.23. The van der Waals surface area contributed by atoms with Crippen LogP contribution in [0.25, 0.3) is 0 Å². The number of carbonyl (C=O) groups is 1. The van der Waals surface area contributed by atoms with Crippen molar-refractivity contribution in [2.24, 2.45) is 0 Å². The maximum Gasteiger partial charge on any atom is 0.304 e. The summed E-state index contributed by atoms with van der Waals surface area (Å²) in [5, 5.41) is 7.61. The van der Waals surface area contributed by atoms with E-state index in [1.54, 1.807) is 0 Å². The van der Waals surface area contributed by atoms with Gasteiger partial charge in [0.2, 0.25) is 0 Å². The predicted molar refractivity (Wildman–Crippen MR) is 34.4 cm³/mol. The summed E-state index contributed by atoms with van der Waals surface area (Å²) < 4.78 is 21.4. The highest BCUT2D eigenvalue weighted by Gasteiger charge is 2.36. The van der Waals surface area contributed by atoms with Gasteiger partial charge in [-0.1, -0.05) is 0 Å². The van der Waals surface area contributed by atoms with Crippen LogP contribution in [0.3, 0.4) is 0 Å². The van der Waals surface area contributed by atoms with Gasteiger partial charge in [-0.25, -0.2) is 8.42 Å². The molecule has 58 valence electrons. The van der Waals surface area contributed by atoms with Gasteiger partial charge in [-0.15, -0.1) is 0 Å². The highest BCUT2D eigenvalue weighted by molar-refractivity contribution is 7.93. The van der Waals surface area contributed by atoms with Crippen molar-refractivity contribution in [1.82, 2.24) is 0 Å². The lowest BCUT2D eigenvalue weighted by atomic mass is 10.2. The monoisotopic (exact) mass is 164 g/mol. The number of hydrogen-bond donors (Lipinski definition) is 1. The fraction of sp³-hybridized carbons (Fsp3) is 0.800. The molecule has 1 N–H and O–H groups in total. The first-order chi connectivity index (χ1) is 4.52. The zero-order valence-electron chi connectivity index (χ0n) is 5.28. The number of rotatable bonds is 2. The third-order valence-electron chi connectivity index (χ3n) is 1.63. The summed E-state index contributed by atoms with van der Waals surface area (Å²) in [6, 6.07) is 0. The fourth-order valence-electron chi connectivity index (χ4n) is 0.901. The molecule has 0 aromatic heterocycles. The fourth-order valence-corrected chi connectivity index (χ4v) is 2.25. The van der Waals surface area contributed by atoms with Crippen LogP contribution in [0.5, 0.6) is 0 Å². The summed E-state index contributed by atoms with van der Waals surface area (Å²) >= 11 is 0. The van der Waals surface area contributed by atoms with E-state index in [1.807, 2.05) is 0 Å². The second kappa shape index (κ2) is 2.23. The molecule has 1 atom stereocenters. The largest absolute Gasteiger partial charge is 0.481 e. The van der Waals surface area contributed by atoms with Gasteiger partial charge < -0.3 is 5.11 Å². The van der Waals surface area contributed by atoms with Gasteiger partial charge in [0.25, 0.3) is 0 Å². The van der Waals surface area contributed by atoms with E-state index in [4.69, 9.17) is 5.11 Å². The number of aliphatic carboxylic acids is 1. The molecule has 0 aromatic rings. The lowest BCUT2D eigenvalue weighted by Crippen LogP contribution is -2.38. The van der Waals surface area contributed by atoms with E-state index < -0.39 is 21.1 Å². The summed E-state index contributed by atoms with van der Waals surface area (Å²) in [7, 11) is -3.00. The van der Waals surface area contributed by atoms with Crippen molar-refractivity contribution >= 4 is 15.8 Å². The molecule has 0 amide bonds. The van der Waals surface area contributed by atoms with Gasteiger partial charge in [-0.2, -0.15) is 0 Å². The third-order valence-corrected chi connectivity index (χ3v) is 3.86. The Morgan fingerprint density at radius 3 is 2.30 bits per heavy atom. The molecule has 0 spiro atoms. The van der Waals surface area contributed by atoms with E-state index in [0.29, 0.717) is 6.42 Å².